The zero-order valence-corrected chi connectivity index (χ0v) is 7.77. The van der Waals surface area contributed by atoms with E-state index in [4.69, 9.17) is 0 Å². The molecule has 70 valence electrons. The van der Waals surface area contributed by atoms with Gasteiger partial charge in [-0.1, -0.05) is 12.2 Å². The molecule has 1 aromatic rings. The fourth-order valence-electron chi connectivity index (χ4n) is 1.71. The fourth-order valence-corrected chi connectivity index (χ4v) is 1.71. The maximum absolute atomic E-state index is 10.2. The van der Waals surface area contributed by atoms with Crippen molar-refractivity contribution in [3.05, 3.63) is 30.1 Å². The van der Waals surface area contributed by atoms with Crippen LogP contribution in [-0.4, -0.2) is 14.9 Å². The van der Waals surface area contributed by atoms with Gasteiger partial charge in [0, 0.05) is 13.2 Å². The van der Waals surface area contributed by atoms with Gasteiger partial charge < -0.3 is 5.11 Å². The second kappa shape index (κ2) is 3.00. The first-order chi connectivity index (χ1) is 6.21. The van der Waals surface area contributed by atoms with Crippen molar-refractivity contribution in [2.24, 2.45) is 7.05 Å². The minimum absolute atomic E-state index is 0.756. The summed E-state index contributed by atoms with van der Waals surface area (Å²) >= 11 is 0. The largest absolute Gasteiger partial charge is 0.379 e. The van der Waals surface area contributed by atoms with Gasteiger partial charge in [0.15, 0.2) is 0 Å². The van der Waals surface area contributed by atoms with Gasteiger partial charge in [0.2, 0.25) is 0 Å². The molecule has 1 heterocycles. The quantitative estimate of drug-likeness (QED) is 0.659. The van der Waals surface area contributed by atoms with Crippen molar-refractivity contribution in [2.45, 2.75) is 24.9 Å². The standard InChI is InChI=1S/C10H14N2O/c1-12-8-5-9(11-12)10(13)6-3-2-4-7-10/h3,5-6,8,13H,2,4,7H2,1H3. The fraction of sp³-hybridized carbons (Fsp3) is 0.500. The molecule has 0 radical (unpaired) electrons. The van der Waals surface area contributed by atoms with Crippen LogP contribution in [0.4, 0.5) is 0 Å². The monoisotopic (exact) mass is 178 g/mol. The summed E-state index contributed by atoms with van der Waals surface area (Å²) in [7, 11) is 1.86. The third-order valence-corrected chi connectivity index (χ3v) is 2.48. The van der Waals surface area contributed by atoms with Gasteiger partial charge >= 0.3 is 0 Å². The molecule has 1 aliphatic carbocycles. The van der Waals surface area contributed by atoms with Crippen LogP contribution < -0.4 is 0 Å². The summed E-state index contributed by atoms with van der Waals surface area (Å²) in [6, 6.07) is 1.87. The Labute approximate surface area is 77.7 Å². The van der Waals surface area contributed by atoms with Crippen LogP contribution in [0.25, 0.3) is 0 Å². The van der Waals surface area contributed by atoms with Crippen LogP contribution in [0.1, 0.15) is 25.0 Å². The molecule has 1 atom stereocenters. The van der Waals surface area contributed by atoms with Crippen molar-refractivity contribution in [3.8, 4) is 0 Å². The minimum Gasteiger partial charge on any atom is -0.379 e. The van der Waals surface area contributed by atoms with E-state index < -0.39 is 5.60 Å². The molecule has 1 N–H and O–H groups in total. The summed E-state index contributed by atoms with van der Waals surface area (Å²) in [5.41, 5.74) is -0.0644. The van der Waals surface area contributed by atoms with E-state index in [0.29, 0.717) is 0 Å². The highest BCUT2D eigenvalue weighted by Crippen LogP contribution is 2.30. The first-order valence-electron chi connectivity index (χ1n) is 4.61. The molecule has 1 unspecified atom stereocenters. The van der Waals surface area contributed by atoms with Gasteiger partial charge in [0.1, 0.15) is 5.60 Å². The molecule has 1 aromatic heterocycles. The van der Waals surface area contributed by atoms with Crippen molar-refractivity contribution >= 4 is 0 Å². The van der Waals surface area contributed by atoms with E-state index in [9.17, 15) is 5.11 Å². The molecule has 0 aromatic carbocycles. The zero-order valence-electron chi connectivity index (χ0n) is 7.77. The van der Waals surface area contributed by atoms with Crippen LogP contribution in [0, 0.1) is 0 Å². The summed E-state index contributed by atoms with van der Waals surface area (Å²) in [6.45, 7) is 0. The van der Waals surface area contributed by atoms with Crippen molar-refractivity contribution in [3.63, 3.8) is 0 Å². The van der Waals surface area contributed by atoms with Crippen molar-refractivity contribution < 1.29 is 5.11 Å². The molecule has 0 saturated heterocycles. The van der Waals surface area contributed by atoms with Crippen molar-refractivity contribution in [1.82, 2.24) is 9.78 Å². The molecular formula is C10H14N2O. The van der Waals surface area contributed by atoms with Crippen LogP contribution in [-0.2, 0) is 12.6 Å². The Morgan fingerprint density at radius 1 is 1.62 bits per heavy atom. The normalized spacial score (nSPS) is 27.8. The van der Waals surface area contributed by atoms with E-state index in [1.165, 1.54) is 0 Å². The van der Waals surface area contributed by atoms with E-state index >= 15 is 0 Å². The van der Waals surface area contributed by atoms with Gasteiger partial charge in [0.05, 0.1) is 5.69 Å². The maximum Gasteiger partial charge on any atom is 0.126 e. The van der Waals surface area contributed by atoms with Crippen LogP contribution in [0.3, 0.4) is 0 Å². The predicted octanol–water partition coefficient (Wildman–Crippen LogP) is 1.35. The van der Waals surface area contributed by atoms with Gasteiger partial charge in [-0.05, 0) is 25.3 Å². The van der Waals surface area contributed by atoms with Crippen LogP contribution in [0.2, 0.25) is 0 Å². The number of allylic oxidation sites excluding steroid dienone is 1. The first-order valence-corrected chi connectivity index (χ1v) is 4.61. The second-order valence-corrected chi connectivity index (χ2v) is 3.59. The molecule has 0 saturated carbocycles. The Balaban J connectivity index is 2.33. The van der Waals surface area contributed by atoms with Crippen molar-refractivity contribution in [2.75, 3.05) is 0 Å². The molecule has 0 spiro atoms. The van der Waals surface area contributed by atoms with Gasteiger partial charge in [-0.2, -0.15) is 5.10 Å². The molecule has 0 amide bonds. The van der Waals surface area contributed by atoms with Crippen molar-refractivity contribution in [1.29, 1.82) is 0 Å². The second-order valence-electron chi connectivity index (χ2n) is 3.59. The molecule has 1 aliphatic rings. The van der Waals surface area contributed by atoms with Gasteiger partial charge in [-0.3, -0.25) is 4.68 Å². The lowest BCUT2D eigenvalue weighted by atomic mass is 9.88. The third kappa shape index (κ3) is 1.52. The summed E-state index contributed by atoms with van der Waals surface area (Å²) < 4.78 is 1.72. The smallest absolute Gasteiger partial charge is 0.126 e. The molecule has 0 fully saturated rings. The Morgan fingerprint density at radius 3 is 3.00 bits per heavy atom. The predicted molar refractivity (Wildman–Crippen MR) is 50.1 cm³/mol. The SMILES string of the molecule is Cn1ccc(C2(O)C=CCCC2)n1. The summed E-state index contributed by atoms with van der Waals surface area (Å²) in [6.07, 6.45) is 8.62. The Bertz CT molecular complexity index is 329. The minimum atomic E-state index is -0.820. The highest BCUT2D eigenvalue weighted by molar-refractivity contribution is 5.20. The molecule has 0 aliphatic heterocycles. The van der Waals surface area contributed by atoms with Gasteiger partial charge in [-0.15, -0.1) is 0 Å². The van der Waals surface area contributed by atoms with Crippen LogP contribution in [0.15, 0.2) is 24.4 Å². The number of nitrogens with zero attached hydrogens (tertiary/aromatic N) is 2. The van der Waals surface area contributed by atoms with Crippen LogP contribution in [0.5, 0.6) is 0 Å². The summed E-state index contributed by atoms with van der Waals surface area (Å²) in [5, 5.41) is 14.4. The lowest BCUT2D eigenvalue weighted by molar-refractivity contribution is 0.0675. The Hall–Kier alpha value is -1.09. The van der Waals surface area contributed by atoms with Crippen LogP contribution >= 0.6 is 0 Å². The summed E-state index contributed by atoms with van der Waals surface area (Å²) in [5.74, 6) is 0. The topological polar surface area (TPSA) is 38.0 Å². The van der Waals surface area contributed by atoms with E-state index in [1.807, 2.05) is 31.5 Å². The van der Waals surface area contributed by atoms with E-state index in [1.54, 1.807) is 4.68 Å². The number of rotatable bonds is 1. The lowest BCUT2D eigenvalue weighted by Gasteiger charge is -2.25. The van der Waals surface area contributed by atoms with E-state index in [0.717, 1.165) is 25.0 Å². The number of hydrogen-bond acceptors (Lipinski definition) is 2. The maximum atomic E-state index is 10.2. The molecular weight excluding hydrogens is 164 g/mol. The zero-order chi connectivity index (χ0) is 9.31. The molecule has 13 heavy (non-hydrogen) atoms. The average Bonchev–Trinajstić information content (AvgIpc) is 2.54. The number of aryl methyl sites for hydroxylation is 1. The Kier molecular flexibility index (Phi) is 1.96. The van der Waals surface area contributed by atoms with E-state index in [2.05, 4.69) is 5.10 Å². The van der Waals surface area contributed by atoms with E-state index in [-0.39, 0.29) is 0 Å². The third-order valence-electron chi connectivity index (χ3n) is 2.48. The Morgan fingerprint density at radius 2 is 2.46 bits per heavy atom. The first kappa shape index (κ1) is 8.51. The number of aliphatic hydroxyl groups is 1. The average molecular weight is 178 g/mol. The number of aromatic nitrogens is 2. The highest BCUT2D eigenvalue weighted by Gasteiger charge is 2.29. The molecule has 3 heteroatoms. The van der Waals surface area contributed by atoms with Gasteiger partial charge in [-0.25, -0.2) is 0 Å². The van der Waals surface area contributed by atoms with Gasteiger partial charge in [0.25, 0.3) is 0 Å². The molecule has 2 rings (SSSR count). The molecule has 0 bridgehead atoms. The lowest BCUT2D eigenvalue weighted by Crippen LogP contribution is -2.25. The highest BCUT2D eigenvalue weighted by atomic mass is 16.3. The summed E-state index contributed by atoms with van der Waals surface area (Å²) in [4.78, 5) is 0. The molecule has 3 nitrogen and oxygen atoms in total. The number of hydrogen-bond donors (Lipinski definition) is 1.